The molecule has 3 rings (SSSR count). The van der Waals surface area contributed by atoms with Crippen molar-refractivity contribution in [3.05, 3.63) is 71.6 Å². The molecule has 120 valence electrons. The van der Waals surface area contributed by atoms with E-state index in [1.165, 1.54) is 12.1 Å². The molecule has 0 fully saturated rings. The van der Waals surface area contributed by atoms with Crippen molar-refractivity contribution >= 4 is 14.6 Å². The van der Waals surface area contributed by atoms with E-state index >= 15 is 0 Å². The summed E-state index contributed by atoms with van der Waals surface area (Å²) < 4.78 is 19.6. The highest BCUT2D eigenvalue weighted by Crippen LogP contribution is 2.29. The molecule has 0 radical (unpaired) electrons. The van der Waals surface area contributed by atoms with Crippen LogP contribution in [0.15, 0.2) is 54.6 Å². The second kappa shape index (κ2) is 7.25. The Kier molecular flexibility index (Phi) is 4.88. The number of carbonyl (C=O) groups excluding carboxylic acids is 1. The van der Waals surface area contributed by atoms with Gasteiger partial charge < -0.3 is 9.82 Å². The van der Waals surface area contributed by atoms with Gasteiger partial charge >= 0.3 is 0 Å². The molecule has 1 aliphatic rings. The summed E-state index contributed by atoms with van der Waals surface area (Å²) in [6.45, 7) is 0. The fourth-order valence-electron chi connectivity index (χ4n) is 2.34. The van der Waals surface area contributed by atoms with Crippen LogP contribution < -0.4 is 9.82 Å². The Morgan fingerprint density at radius 3 is 2.92 bits per heavy atom. The molecule has 2 atom stereocenters. The fourth-order valence-corrected chi connectivity index (χ4v) is 3.28. The second-order valence-electron chi connectivity index (χ2n) is 5.31. The van der Waals surface area contributed by atoms with Crippen molar-refractivity contribution in [1.82, 2.24) is 5.09 Å². The number of nitrogens with one attached hydrogen (secondary N) is 1. The molecule has 2 aromatic carbocycles. The smallest absolute Gasteiger partial charge is 0.246 e. The van der Waals surface area contributed by atoms with Crippen LogP contribution in [0.25, 0.3) is 0 Å². The van der Waals surface area contributed by atoms with Gasteiger partial charge in [-0.1, -0.05) is 18.2 Å². The van der Waals surface area contributed by atoms with Crippen molar-refractivity contribution in [1.29, 1.82) is 5.26 Å². The summed E-state index contributed by atoms with van der Waals surface area (Å²) in [5.74, 6) is -0.00677. The first kappa shape index (κ1) is 16.2. The zero-order valence-corrected chi connectivity index (χ0v) is 13.6. The fraction of sp³-hybridized carbons (Fsp3) is 0.111. The Morgan fingerprint density at radius 1 is 1.29 bits per heavy atom. The van der Waals surface area contributed by atoms with E-state index in [0.717, 1.165) is 5.56 Å². The molecule has 1 aliphatic heterocycles. The minimum atomic E-state index is -0.462. The molecule has 1 amide bonds. The molecule has 0 bridgehead atoms. The molecule has 0 spiro atoms. The average Bonchev–Trinajstić information content (AvgIpc) is 2.60. The van der Waals surface area contributed by atoms with Crippen LogP contribution in [0.3, 0.4) is 0 Å². The van der Waals surface area contributed by atoms with Crippen molar-refractivity contribution < 1.29 is 13.9 Å². The van der Waals surface area contributed by atoms with Crippen molar-refractivity contribution in [2.45, 2.75) is 12.1 Å². The van der Waals surface area contributed by atoms with Gasteiger partial charge in [-0.2, -0.15) is 5.26 Å². The predicted molar refractivity (Wildman–Crippen MR) is 90.7 cm³/mol. The average molecular weight is 340 g/mol. The number of nitriles is 1. The van der Waals surface area contributed by atoms with Crippen molar-refractivity contribution in [2.24, 2.45) is 0 Å². The molecule has 1 N–H and O–H groups in total. The molecule has 2 aromatic rings. The first-order chi connectivity index (χ1) is 11.6. The summed E-state index contributed by atoms with van der Waals surface area (Å²) in [6, 6.07) is 13.3. The summed E-state index contributed by atoms with van der Waals surface area (Å²) in [7, 11) is 0.307. The zero-order chi connectivity index (χ0) is 16.9. The first-order valence-electron chi connectivity index (χ1n) is 7.34. The topological polar surface area (TPSA) is 62.1 Å². The third-order valence-corrected chi connectivity index (χ3v) is 4.66. The number of hydrogen-bond donors (Lipinski definition) is 1. The van der Waals surface area contributed by atoms with Crippen LogP contribution >= 0.6 is 8.73 Å². The minimum Gasteiger partial charge on any atom is -0.454 e. The summed E-state index contributed by atoms with van der Waals surface area (Å²) in [4.78, 5) is 11.1. The number of rotatable bonds is 4. The Bertz CT molecular complexity index is 845. The third kappa shape index (κ3) is 3.98. The van der Waals surface area contributed by atoms with Crippen LogP contribution in [0.4, 0.5) is 4.39 Å². The number of benzene rings is 2. The highest BCUT2D eigenvalue weighted by Gasteiger charge is 2.14. The van der Waals surface area contributed by atoms with Gasteiger partial charge in [0.15, 0.2) is 11.6 Å². The van der Waals surface area contributed by atoms with Gasteiger partial charge in [0.25, 0.3) is 0 Å². The Balaban J connectivity index is 1.77. The standard InChI is InChI=1S/C18H14FN2O2P/c19-16-6-4-12(9-15-5-7-18(22)21-24-15)10-17(16)23-14-3-1-2-13(8-14)11-20/h1-8,10,15,24H,9H2,(H,21,22). The van der Waals surface area contributed by atoms with E-state index in [0.29, 0.717) is 26.5 Å². The third-order valence-electron chi connectivity index (χ3n) is 3.50. The summed E-state index contributed by atoms with van der Waals surface area (Å²) >= 11 is 0. The summed E-state index contributed by atoms with van der Waals surface area (Å²) in [5.41, 5.74) is 1.57. The van der Waals surface area contributed by atoms with E-state index in [4.69, 9.17) is 10.00 Å². The molecule has 4 nitrogen and oxygen atoms in total. The van der Waals surface area contributed by atoms with Crippen LogP contribution in [-0.2, 0) is 11.2 Å². The van der Waals surface area contributed by atoms with Gasteiger partial charge in [-0.3, -0.25) is 4.79 Å². The lowest BCUT2D eigenvalue weighted by atomic mass is 10.1. The van der Waals surface area contributed by atoms with E-state index in [1.54, 1.807) is 36.4 Å². The highest BCUT2D eigenvalue weighted by molar-refractivity contribution is 7.38. The quantitative estimate of drug-likeness (QED) is 0.864. The van der Waals surface area contributed by atoms with E-state index in [9.17, 15) is 9.18 Å². The van der Waals surface area contributed by atoms with Crippen LogP contribution in [-0.4, -0.2) is 11.6 Å². The van der Waals surface area contributed by atoms with E-state index in [-0.39, 0.29) is 17.3 Å². The molecule has 24 heavy (non-hydrogen) atoms. The van der Waals surface area contributed by atoms with Crippen LogP contribution in [0.2, 0.25) is 0 Å². The highest BCUT2D eigenvalue weighted by atomic mass is 31.1. The maximum absolute atomic E-state index is 14.0. The van der Waals surface area contributed by atoms with Gasteiger partial charge in [-0.25, -0.2) is 4.39 Å². The molecule has 0 saturated carbocycles. The molecule has 2 unspecified atom stereocenters. The number of amides is 1. The van der Waals surface area contributed by atoms with Gasteiger partial charge in [0.2, 0.25) is 5.91 Å². The normalized spacial score (nSPS) is 17.3. The Morgan fingerprint density at radius 2 is 2.17 bits per heavy atom. The summed E-state index contributed by atoms with van der Waals surface area (Å²) in [6.07, 6.45) is 4.08. The van der Waals surface area contributed by atoms with Crippen LogP contribution in [0, 0.1) is 17.1 Å². The number of allylic oxidation sites excluding steroid dienone is 1. The van der Waals surface area contributed by atoms with Gasteiger partial charge in [0, 0.05) is 5.66 Å². The van der Waals surface area contributed by atoms with E-state index < -0.39 is 5.82 Å². The lowest BCUT2D eigenvalue weighted by Gasteiger charge is -2.17. The maximum atomic E-state index is 14.0. The molecule has 0 aliphatic carbocycles. The number of hydrogen-bond acceptors (Lipinski definition) is 3. The van der Waals surface area contributed by atoms with Crippen molar-refractivity contribution in [3.63, 3.8) is 0 Å². The maximum Gasteiger partial charge on any atom is 0.246 e. The van der Waals surface area contributed by atoms with Gasteiger partial charge in [-0.05, 0) is 57.1 Å². The Hall–Kier alpha value is -2.70. The molecular formula is C18H14FN2O2P. The predicted octanol–water partition coefficient (Wildman–Crippen LogP) is 3.68. The Labute approximate surface area is 140 Å². The molecular weight excluding hydrogens is 326 g/mol. The lowest BCUT2D eigenvalue weighted by Crippen LogP contribution is -2.21. The first-order valence-corrected chi connectivity index (χ1v) is 8.42. The number of nitrogens with zero attached hydrogens (tertiary/aromatic N) is 1. The second-order valence-corrected chi connectivity index (χ2v) is 6.59. The van der Waals surface area contributed by atoms with E-state index in [1.807, 2.05) is 12.1 Å². The SMILES string of the molecule is N#Cc1cccc(Oc2cc(CC3C=CC(=O)NP3)ccc2F)c1. The number of ether oxygens (including phenoxy) is 1. The van der Waals surface area contributed by atoms with Crippen LogP contribution in [0.1, 0.15) is 11.1 Å². The monoisotopic (exact) mass is 340 g/mol. The van der Waals surface area contributed by atoms with E-state index in [2.05, 4.69) is 5.09 Å². The molecule has 0 saturated heterocycles. The molecule has 1 heterocycles. The van der Waals surface area contributed by atoms with Crippen LogP contribution in [0.5, 0.6) is 11.5 Å². The lowest BCUT2D eigenvalue weighted by molar-refractivity contribution is -0.114. The van der Waals surface area contributed by atoms with Gasteiger partial charge in [0.1, 0.15) is 5.75 Å². The number of carbonyl (C=O) groups is 1. The minimum absolute atomic E-state index is 0.0786. The van der Waals surface area contributed by atoms with Gasteiger partial charge in [-0.15, -0.1) is 0 Å². The largest absolute Gasteiger partial charge is 0.454 e. The van der Waals surface area contributed by atoms with Crippen molar-refractivity contribution in [2.75, 3.05) is 0 Å². The van der Waals surface area contributed by atoms with Gasteiger partial charge in [0.05, 0.1) is 11.6 Å². The molecule has 6 heteroatoms. The summed E-state index contributed by atoms with van der Waals surface area (Å²) in [5, 5.41) is 11.7. The molecule has 0 aromatic heterocycles. The number of halogens is 1. The van der Waals surface area contributed by atoms with Crippen molar-refractivity contribution in [3.8, 4) is 17.6 Å². The zero-order valence-electron chi connectivity index (χ0n) is 12.6.